The van der Waals surface area contributed by atoms with Crippen molar-refractivity contribution in [2.45, 2.75) is 20.4 Å². The molecule has 0 spiro atoms. The molecule has 4 rings (SSSR count). The maximum atomic E-state index is 12.6. The van der Waals surface area contributed by atoms with Crippen LogP contribution in [0.1, 0.15) is 11.3 Å². The van der Waals surface area contributed by atoms with Crippen molar-refractivity contribution in [2.75, 3.05) is 5.32 Å². The van der Waals surface area contributed by atoms with E-state index < -0.39 is 0 Å². The molecule has 27 heavy (non-hydrogen) atoms. The molecule has 3 heterocycles. The summed E-state index contributed by atoms with van der Waals surface area (Å²) in [6.45, 7) is 3.90. The molecule has 1 amide bonds. The largest absolute Gasteiger partial charge is 0.324 e. The number of pyridine rings is 1. The Morgan fingerprint density at radius 2 is 2.07 bits per heavy atom. The van der Waals surface area contributed by atoms with Gasteiger partial charge in [0.15, 0.2) is 5.65 Å². The van der Waals surface area contributed by atoms with Crippen LogP contribution in [-0.2, 0) is 11.3 Å². The molecule has 3 aromatic heterocycles. The Hall–Kier alpha value is -2.70. The summed E-state index contributed by atoms with van der Waals surface area (Å²) < 4.78 is 1.65. The van der Waals surface area contributed by atoms with Crippen LogP contribution < -0.4 is 5.32 Å². The average Bonchev–Trinajstić information content (AvgIpc) is 3.28. The Kier molecular flexibility index (Phi) is 4.68. The summed E-state index contributed by atoms with van der Waals surface area (Å²) in [6.07, 6.45) is 1.76. The molecule has 0 aliphatic rings. The number of amides is 1. The minimum absolute atomic E-state index is 0.0805. The third-order valence-corrected chi connectivity index (χ3v) is 5.74. The summed E-state index contributed by atoms with van der Waals surface area (Å²) >= 11 is 7.80. The molecule has 1 aromatic carbocycles. The van der Waals surface area contributed by atoms with Crippen molar-refractivity contribution in [2.24, 2.45) is 0 Å². The van der Waals surface area contributed by atoms with Gasteiger partial charge in [-0.2, -0.15) is 5.10 Å². The van der Waals surface area contributed by atoms with E-state index in [1.807, 2.05) is 43.5 Å². The number of anilines is 1. The van der Waals surface area contributed by atoms with Crippen LogP contribution in [0.25, 0.3) is 21.5 Å². The van der Waals surface area contributed by atoms with Crippen LogP contribution in [0, 0.1) is 13.8 Å². The first-order chi connectivity index (χ1) is 13.0. The Balaban J connectivity index is 1.66. The molecule has 4 aromatic rings. The Morgan fingerprint density at radius 3 is 2.85 bits per heavy atom. The molecule has 0 fully saturated rings. The Morgan fingerprint density at radius 1 is 1.22 bits per heavy atom. The smallest absolute Gasteiger partial charge is 0.246 e. The number of nitrogens with one attached hydrogen (secondary N) is 1. The zero-order valence-corrected chi connectivity index (χ0v) is 16.4. The van der Waals surface area contributed by atoms with Crippen LogP contribution in [-0.4, -0.2) is 20.7 Å². The first-order valence-electron chi connectivity index (χ1n) is 8.45. The van der Waals surface area contributed by atoms with Crippen molar-refractivity contribution in [3.8, 4) is 10.4 Å². The second-order valence-electron chi connectivity index (χ2n) is 6.24. The van der Waals surface area contributed by atoms with Crippen molar-refractivity contribution in [1.29, 1.82) is 0 Å². The van der Waals surface area contributed by atoms with E-state index in [-0.39, 0.29) is 12.5 Å². The van der Waals surface area contributed by atoms with Gasteiger partial charge >= 0.3 is 0 Å². The number of aromatic nitrogens is 3. The molecule has 0 atom stereocenters. The summed E-state index contributed by atoms with van der Waals surface area (Å²) in [7, 11) is 0. The highest BCUT2D eigenvalue weighted by atomic mass is 35.5. The second kappa shape index (κ2) is 7.13. The van der Waals surface area contributed by atoms with Crippen LogP contribution in [0.2, 0.25) is 5.02 Å². The lowest BCUT2D eigenvalue weighted by atomic mass is 10.1. The van der Waals surface area contributed by atoms with Crippen molar-refractivity contribution < 1.29 is 4.79 Å². The third kappa shape index (κ3) is 3.34. The van der Waals surface area contributed by atoms with Gasteiger partial charge in [-0.3, -0.25) is 4.79 Å². The topological polar surface area (TPSA) is 59.8 Å². The van der Waals surface area contributed by atoms with Crippen molar-refractivity contribution >= 4 is 45.6 Å². The first kappa shape index (κ1) is 17.7. The van der Waals surface area contributed by atoms with Gasteiger partial charge in [-0.15, -0.1) is 11.3 Å². The summed E-state index contributed by atoms with van der Waals surface area (Å²) in [5.41, 5.74) is 4.19. The van der Waals surface area contributed by atoms with Crippen LogP contribution in [0.3, 0.4) is 0 Å². The maximum Gasteiger partial charge on any atom is 0.246 e. The fourth-order valence-electron chi connectivity index (χ4n) is 3.10. The summed E-state index contributed by atoms with van der Waals surface area (Å²) in [6, 6.07) is 11.5. The monoisotopic (exact) mass is 396 g/mol. The molecule has 5 nitrogen and oxygen atoms in total. The number of nitrogens with zero attached hydrogens (tertiary/aromatic N) is 3. The zero-order chi connectivity index (χ0) is 19.0. The Bertz CT molecular complexity index is 1130. The Labute approximate surface area is 165 Å². The molecular weight excluding hydrogens is 380 g/mol. The number of rotatable bonds is 4. The van der Waals surface area contributed by atoms with Gasteiger partial charge in [0, 0.05) is 27.3 Å². The van der Waals surface area contributed by atoms with Gasteiger partial charge in [0.1, 0.15) is 6.54 Å². The highest BCUT2D eigenvalue weighted by Gasteiger charge is 2.16. The molecule has 7 heteroatoms. The summed E-state index contributed by atoms with van der Waals surface area (Å²) in [5.74, 6) is -0.173. The zero-order valence-electron chi connectivity index (χ0n) is 14.9. The lowest BCUT2D eigenvalue weighted by Gasteiger charge is -2.10. The molecule has 1 N–H and O–H groups in total. The average molecular weight is 397 g/mol. The molecule has 0 saturated heterocycles. The summed E-state index contributed by atoms with van der Waals surface area (Å²) in [4.78, 5) is 18.2. The first-order valence-corrected chi connectivity index (χ1v) is 9.71. The predicted octanol–water partition coefficient (Wildman–Crippen LogP) is 5.07. The number of thiophene rings is 1. The van der Waals surface area contributed by atoms with E-state index in [4.69, 9.17) is 11.6 Å². The number of carbonyl (C=O) groups excluding carboxylic acids is 1. The van der Waals surface area contributed by atoms with Crippen LogP contribution in [0.15, 0.2) is 48.0 Å². The fourth-order valence-corrected chi connectivity index (χ4v) is 4.03. The van der Waals surface area contributed by atoms with Crippen molar-refractivity contribution in [3.05, 3.63) is 64.3 Å². The normalized spacial score (nSPS) is 11.1. The molecule has 0 unspecified atom stereocenters. The lowest BCUT2D eigenvalue weighted by molar-refractivity contribution is -0.116. The predicted molar refractivity (Wildman–Crippen MR) is 110 cm³/mol. The van der Waals surface area contributed by atoms with Gasteiger partial charge in [0.25, 0.3) is 0 Å². The van der Waals surface area contributed by atoms with Crippen LogP contribution in [0.4, 0.5) is 5.69 Å². The molecule has 0 aliphatic heterocycles. The van der Waals surface area contributed by atoms with Crippen LogP contribution in [0.5, 0.6) is 0 Å². The quantitative estimate of drug-likeness (QED) is 0.524. The minimum atomic E-state index is -0.173. The van der Waals surface area contributed by atoms with Gasteiger partial charge in [0.05, 0.1) is 11.1 Å². The van der Waals surface area contributed by atoms with E-state index in [1.165, 1.54) is 0 Å². The fraction of sp³-hybridized carbons (Fsp3) is 0.150. The lowest BCUT2D eigenvalue weighted by Crippen LogP contribution is -2.20. The van der Waals surface area contributed by atoms with Gasteiger partial charge in [0.2, 0.25) is 5.91 Å². The highest BCUT2D eigenvalue weighted by molar-refractivity contribution is 7.13. The molecule has 0 radical (unpaired) electrons. The standard InChI is InChI=1S/C20H17ClN4OS/c1-12-15(21)5-3-6-16(12)23-18(26)11-25-20-19(13(2)24-25)14(8-9-22-20)17-7-4-10-27-17/h3-10H,11H2,1-2H3,(H,23,26). The van der Waals surface area contributed by atoms with E-state index >= 15 is 0 Å². The number of fused-ring (bicyclic) bond motifs is 1. The molecular formula is C20H17ClN4OS. The molecule has 0 saturated carbocycles. The number of hydrogen-bond acceptors (Lipinski definition) is 4. The van der Waals surface area contributed by atoms with E-state index in [1.54, 1.807) is 28.3 Å². The van der Waals surface area contributed by atoms with Gasteiger partial charge < -0.3 is 5.32 Å². The second-order valence-corrected chi connectivity index (χ2v) is 7.59. The highest BCUT2D eigenvalue weighted by Crippen LogP contribution is 2.32. The summed E-state index contributed by atoms with van der Waals surface area (Å²) in [5, 5.41) is 11.1. The number of aryl methyl sites for hydroxylation is 1. The third-order valence-electron chi connectivity index (χ3n) is 4.43. The van der Waals surface area contributed by atoms with E-state index in [9.17, 15) is 4.79 Å². The molecule has 0 aliphatic carbocycles. The number of carbonyl (C=O) groups is 1. The number of benzene rings is 1. The molecule has 136 valence electrons. The van der Waals surface area contributed by atoms with Crippen molar-refractivity contribution in [3.63, 3.8) is 0 Å². The van der Waals surface area contributed by atoms with E-state index in [0.29, 0.717) is 16.4 Å². The number of hydrogen-bond donors (Lipinski definition) is 1. The SMILES string of the molecule is Cc1c(Cl)cccc1NC(=O)Cn1nc(C)c2c(-c3cccs3)ccnc21. The van der Waals surface area contributed by atoms with Crippen molar-refractivity contribution in [1.82, 2.24) is 14.8 Å². The van der Waals surface area contributed by atoms with E-state index in [0.717, 1.165) is 27.1 Å². The van der Waals surface area contributed by atoms with Gasteiger partial charge in [-0.05, 0) is 49.1 Å². The van der Waals surface area contributed by atoms with Gasteiger partial charge in [-0.1, -0.05) is 23.7 Å². The maximum absolute atomic E-state index is 12.6. The van der Waals surface area contributed by atoms with Gasteiger partial charge in [-0.25, -0.2) is 9.67 Å². The minimum Gasteiger partial charge on any atom is -0.324 e. The van der Waals surface area contributed by atoms with Crippen LogP contribution >= 0.6 is 22.9 Å². The van der Waals surface area contributed by atoms with E-state index in [2.05, 4.69) is 21.5 Å². The number of halogens is 1. The molecule has 0 bridgehead atoms.